The molecule has 3 nitrogen and oxygen atoms in total. The van der Waals surface area contributed by atoms with Crippen LogP contribution in [0.25, 0.3) is 0 Å². The second-order valence-corrected chi connectivity index (χ2v) is 6.29. The van der Waals surface area contributed by atoms with Gasteiger partial charge in [-0.3, -0.25) is 0 Å². The van der Waals surface area contributed by atoms with E-state index in [1.807, 2.05) is 0 Å². The number of hydrogen-bond acceptors (Lipinski definition) is 4. The molecule has 0 radical (unpaired) electrons. The molecule has 2 rings (SSSR count). The van der Waals surface area contributed by atoms with Gasteiger partial charge in [-0.25, -0.2) is 9.97 Å². The Morgan fingerprint density at radius 1 is 1.35 bits per heavy atom. The molecule has 0 aliphatic heterocycles. The number of alkyl halides is 3. The first-order valence-electron chi connectivity index (χ1n) is 6.29. The molecule has 1 aliphatic carbocycles. The number of anilines is 1. The summed E-state index contributed by atoms with van der Waals surface area (Å²) in [6, 6.07) is 1.47. The van der Waals surface area contributed by atoms with Crippen LogP contribution in [0.4, 0.5) is 19.0 Å². The number of halogens is 4. The maximum absolute atomic E-state index is 12.6. The molecule has 0 aromatic carbocycles. The lowest BCUT2D eigenvalue weighted by atomic mass is 9.95. The second kappa shape index (κ2) is 6.39. The van der Waals surface area contributed by atoms with Crippen LogP contribution in [0.3, 0.4) is 0 Å². The monoisotopic (exact) mass is 325 g/mol. The molecule has 20 heavy (non-hydrogen) atoms. The number of rotatable bonds is 3. The van der Waals surface area contributed by atoms with Crippen LogP contribution < -0.4 is 5.32 Å². The Hall–Kier alpha value is -0.690. The van der Waals surface area contributed by atoms with Crippen molar-refractivity contribution in [2.24, 2.45) is 0 Å². The van der Waals surface area contributed by atoms with E-state index >= 15 is 0 Å². The number of aromatic nitrogens is 2. The summed E-state index contributed by atoms with van der Waals surface area (Å²) in [5.41, 5.74) is 0. The molecular weight excluding hydrogens is 311 g/mol. The van der Waals surface area contributed by atoms with Gasteiger partial charge in [0, 0.05) is 17.4 Å². The molecule has 0 saturated heterocycles. The van der Waals surface area contributed by atoms with E-state index in [1.165, 1.54) is 6.07 Å². The SMILES string of the molecule is CSC1CCCC(Nc2cc(Cl)nc(C(F)(F)F)n2)C1. The summed E-state index contributed by atoms with van der Waals surface area (Å²) in [6.45, 7) is 0. The van der Waals surface area contributed by atoms with E-state index in [0.717, 1.165) is 25.7 Å². The fourth-order valence-electron chi connectivity index (χ4n) is 2.32. The van der Waals surface area contributed by atoms with Gasteiger partial charge in [-0.05, 0) is 25.5 Å². The summed E-state index contributed by atoms with van der Waals surface area (Å²) in [5.74, 6) is -1.06. The van der Waals surface area contributed by atoms with Gasteiger partial charge in [0.25, 0.3) is 0 Å². The zero-order chi connectivity index (χ0) is 14.8. The normalized spacial score (nSPS) is 23.6. The number of nitrogens with one attached hydrogen (secondary N) is 1. The van der Waals surface area contributed by atoms with E-state index in [0.29, 0.717) is 5.25 Å². The summed E-state index contributed by atoms with van der Waals surface area (Å²) < 4.78 is 37.9. The van der Waals surface area contributed by atoms with Crippen LogP contribution in [0.2, 0.25) is 5.15 Å². The van der Waals surface area contributed by atoms with Crippen molar-refractivity contribution in [3.63, 3.8) is 0 Å². The smallest absolute Gasteiger partial charge is 0.367 e. The minimum atomic E-state index is -4.59. The minimum absolute atomic E-state index is 0.133. The molecule has 1 saturated carbocycles. The van der Waals surface area contributed by atoms with Crippen molar-refractivity contribution in [1.29, 1.82) is 0 Å². The first-order chi connectivity index (χ1) is 9.38. The van der Waals surface area contributed by atoms with Gasteiger partial charge in [-0.15, -0.1) is 0 Å². The van der Waals surface area contributed by atoms with E-state index < -0.39 is 12.0 Å². The quantitative estimate of drug-likeness (QED) is 0.844. The van der Waals surface area contributed by atoms with E-state index in [-0.39, 0.29) is 17.0 Å². The lowest BCUT2D eigenvalue weighted by Crippen LogP contribution is -2.29. The minimum Gasteiger partial charge on any atom is -0.367 e. The number of nitrogens with zero attached hydrogens (tertiary/aromatic N) is 2. The van der Waals surface area contributed by atoms with Crippen molar-refractivity contribution in [3.8, 4) is 0 Å². The topological polar surface area (TPSA) is 37.8 Å². The summed E-state index contributed by atoms with van der Waals surface area (Å²) in [4.78, 5) is 6.73. The average Bonchev–Trinajstić information content (AvgIpc) is 2.37. The van der Waals surface area contributed by atoms with E-state index in [4.69, 9.17) is 11.6 Å². The molecule has 1 heterocycles. The fraction of sp³-hybridized carbons (Fsp3) is 0.667. The molecule has 1 N–H and O–H groups in total. The molecule has 2 atom stereocenters. The third-order valence-corrected chi connectivity index (χ3v) is 4.55. The molecule has 1 aromatic rings. The first-order valence-corrected chi connectivity index (χ1v) is 7.96. The van der Waals surface area contributed by atoms with Crippen molar-refractivity contribution in [1.82, 2.24) is 9.97 Å². The predicted octanol–water partition coefficient (Wildman–Crippen LogP) is 4.23. The van der Waals surface area contributed by atoms with Crippen molar-refractivity contribution >= 4 is 29.2 Å². The molecule has 0 bridgehead atoms. The molecular formula is C12H15ClF3N3S. The van der Waals surface area contributed by atoms with E-state index in [9.17, 15) is 13.2 Å². The Kier molecular flexibility index (Phi) is 5.01. The van der Waals surface area contributed by atoms with Gasteiger partial charge >= 0.3 is 6.18 Å². The van der Waals surface area contributed by atoms with Gasteiger partial charge in [0.15, 0.2) is 0 Å². The third-order valence-electron chi connectivity index (χ3n) is 3.26. The van der Waals surface area contributed by atoms with Crippen molar-refractivity contribution < 1.29 is 13.2 Å². The number of hydrogen-bond donors (Lipinski definition) is 1. The van der Waals surface area contributed by atoms with Gasteiger partial charge in [0.05, 0.1) is 0 Å². The van der Waals surface area contributed by atoms with Gasteiger partial charge in [-0.2, -0.15) is 24.9 Å². The second-order valence-electron chi connectivity index (χ2n) is 4.76. The molecule has 0 spiro atoms. The van der Waals surface area contributed by atoms with Crippen molar-refractivity contribution in [2.75, 3.05) is 11.6 Å². The first kappa shape index (κ1) is 15.7. The highest BCUT2D eigenvalue weighted by atomic mass is 35.5. The predicted molar refractivity (Wildman–Crippen MR) is 75.2 cm³/mol. The fourth-order valence-corrected chi connectivity index (χ4v) is 3.33. The van der Waals surface area contributed by atoms with E-state index in [1.54, 1.807) is 11.8 Å². The van der Waals surface area contributed by atoms with Crippen molar-refractivity contribution in [3.05, 3.63) is 17.0 Å². The molecule has 112 valence electrons. The average molecular weight is 326 g/mol. The van der Waals surface area contributed by atoms with Crippen LogP contribution in [-0.4, -0.2) is 27.5 Å². The Labute approximate surface area is 124 Å². The summed E-state index contributed by atoms with van der Waals surface area (Å²) in [6.07, 6.45) is 1.53. The van der Waals surface area contributed by atoms with Gasteiger partial charge < -0.3 is 5.32 Å². The highest BCUT2D eigenvalue weighted by molar-refractivity contribution is 7.99. The molecule has 1 aromatic heterocycles. The lowest BCUT2D eigenvalue weighted by Gasteiger charge is -2.29. The Morgan fingerprint density at radius 2 is 2.10 bits per heavy atom. The maximum atomic E-state index is 12.6. The molecule has 8 heteroatoms. The Balaban J connectivity index is 2.11. The highest BCUT2D eigenvalue weighted by Crippen LogP contribution is 2.31. The largest absolute Gasteiger partial charge is 0.451 e. The van der Waals surface area contributed by atoms with Crippen LogP contribution in [0.1, 0.15) is 31.5 Å². The Bertz CT molecular complexity index is 470. The zero-order valence-corrected chi connectivity index (χ0v) is 12.4. The van der Waals surface area contributed by atoms with Crippen LogP contribution in [0.15, 0.2) is 6.07 Å². The molecule has 1 aliphatic rings. The van der Waals surface area contributed by atoms with Crippen LogP contribution in [0.5, 0.6) is 0 Å². The lowest BCUT2D eigenvalue weighted by molar-refractivity contribution is -0.144. The van der Waals surface area contributed by atoms with Gasteiger partial charge in [-0.1, -0.05) is 18.0 Å². The third kappa shape index (κ3) is 4.15. The number of thioether (sulfide) groups is 1. The van der Waals surface area contributed by atoms with Crippen LogP contribution >= 0.6 is 23.4 Å². The standard InChI is InChI=1S/C12H15ClF3N3S/c1-20-8-4-2-3-7(5-8)17-10-6-9(13)18-11(19-10)12(14,15)16/h6-8H,2-5H2,1H3,(H,17,18,19). The molecule has 1 fully saturated rings. The summed E-state index contributed by atoms with van der Waals surface area (Å²) >= 11 is 7.43. The maximum Gasteiger partial charge on any atom is 0.451 e. The van der Waals surface area contributed by atoms with E-state index in [2.05, 4.69) is 21.5 Å². The van der Waals surface area contributed by atoms with Crippen molar-refractivity contribution in [2.45, 2.75) is 43.2 Å². The molecule has 2 unspecified atom stereocenters. The van der Waals surface area contributed by atoms with Crippen LogP contribution in [-0.2, 0) is 6.18 Å². The summed E-state index contributed by atoms with van der Waals surface area (Å²) in [7, 11) is 0. The summed E-state index contributed by atoms with van der Waals surface area (Å²) in [5, 5.41) is 3.39. The zero-order valence-electron chi connectivity index (χ0n) is 10.9. The molecule has 0 amide bonds. The van der Waals surface area contributed by atoms with Crippen LogP contribution in [0, 0.1) is 0 Å². The van der Waals surface area contributed by atoms with Gasteiger partial charge in [0.1, 0.15) is 11.0 Å². The van der Waals surface area contributed by atoms with Gasteiger partial charge in [0.2, 0.25) is 5.82 Å². The Morgan fingerprint density at radius 3 is 2.75 bits per heavy atom. The highest BCUT2D eigenvalue weighted by Gasteiger charge is 2.35.